The number of H-pyrrole nitrogens is 1. The van der Waals surface area contributed by atoms with Gasteiger partial charge in [0.15, 0.2) is 22.7 Å². The Balaban J connectivity index is 1.43. The molecule has 0 radical (unpaired) electrons. The normalized spacial score (nSPS) is 11.3. The minimum atomic E-state index is -0.661. The van der Waals surface area contributed by atoms with Crippen molar-refractivity contribution < 1.29 is 13.5 Å². The van der Waals surface area contributed by atoms with Crippen molar-refractivity contribution in [3.8, 4) is 27.0 Å². The van der Waals surface area contributed by atoms with Crippen LogP contribution in [-0.4, -0.2) is 30.4 Å². The zero-order chi connectivity index (χ0) is 20.7. The van der Waals surface area contributed by atoms with Gasteiger partial charge in [0, 0.05) is 17.6 Å². The van der Waals surface area contributed by atoms with Crippen LogP contribution in [0.15, 0.2) is 35.8 Å². The van der Waals surface area contributed by atoms with Crippen LogP contribution in [-0.2, 0) is 6.61 Å². The fourth-order valence-corrected chi connectivity index (χ4v) is 4.75. The number of fused-ring (bicyclic) bond motifs is 1. The molecule has 0 aliphatic carbocycles. The first-order chi connectivity index (χ1) is 14.6. The molecular weight excluding hydrogens is 430 g/mol. The molecule has 1 N–H and O–H groups in total. The lowest BCUT2D eigenvalue weighted by molar-refractivity contribution is 0.293. The Kier molecular flexibility index (Phi) is 4.68. The SMILES string of the molecule is Cc1nc(COc2ccccn2)sc1-c1csc(-c2cc(F)c3n[nH]nc3c2F)n1. The van der Waals surface area contributed by atoms with Crippen LogP contribution in [0.4, 0.5) is 8.78 Å². The Hall–Kier alpha value is -3.31. The van der Waals surface area contributed by atoms with Gasteiger partial charge in [-0.2, -0.15) is 15.4 Å². The van der Waals surface area contributed by atoms with Crippen molar-refractivity contribution >= 4 is 33.7 Å². The monoisotopic (exact) mass is 442 g/mol. The van der Waals surface area contributed by atoms with Crippen molar-refractivity contribution in [1.82, 2.24) is 30.4 Å². The Bertz CT molecular complexity index is 1350. The Labute approximate surface area is 176 Å². The zero-order valence-corrected chi connectivity index (χ0v) is 17.0. The highest BCUT2D eigenvalue weighted by Crippen LogP contribution is 2.36. The highest BCUT2D eigenvalue weighted by molar-refractivity contribution is 7.16. The van der Waals surface area contributed by atoms with Crippen LogP contribution in [0.1, 0.15) is 10.7 Å². The van der Waals surface area contributed by atoms with Crippen molar-refractivity contribution in [1.29, 1.82) is 0 Å². The number of hydrogen-bond acceptors (Lipinski definition) is 8. The highest BCUT2D eigenvalue weighted by Gasteiger charge is 2.20. The van der Waals surface area contributed by atoms with Crippen LogP contribution < -0.4 is 4.74 Å². The van der Waals surface area contributed by atoms with Crippen molar-refractivity contribution in [2.45, 2.75) is 13.5 Å². The second-order valence-corrected chi connectivity index (χ2v) is 8.20. The topological polar surface area (TPSA) is 89.5 Å². The number of aryl methyl sites for hydroxylation is 1. The number of nitrogens with one attached hydrogen (secondary N) is 1. The summed E-state index contributed by atoms with van der Waals surface area (Å²) < 4.78 is 34.6. The van der Waals surface area contributed by atoms with Crippen LogP contribution >= 0.6 is 22.7 Å². The summed E-state index contributed by atoms with van der Waals surface area (Å²) in [5.74, 6) is -0.801. The van der Waals surface area contributed by atoms with E-state index in [0.29, 0.717) is 16.6 Å². The number of pyridine rings is 1. The molecule has 1 aromatic carbocycles. The standard InChI is InChI=1S/C19H12F2N6OS2/c1-9-18(30-14(23-9)7-28-13-4-2-3-5-22-13)12-8-29-19(24-12)10-6-11(20)16-17(15(10)21)26-27-25-16/h2-6,8H,7H2,1H3,(H,25,26,27). The maximum Gasteiger partial charge on any atom is 0.213 e. The summed E-state index contributed by atoms with van der Waals surface area (Å²) in [5, 5.41) is 12.5. The molecule has 5 aromatic rings. The Morgan fingerprint density at radius 3 is 2.83 bits per heavy atom. The first kappa shape index (κ1) is 18.7. The van der Waals surface area contributed by atoms with Gasteiger partial charge >= 0.3 is 0 Å². The lowest BCUT2D eigenvalue weighted by atomic mass is 10.2. The quantitative estimate of drug-likeness (QED) is 0.422. The summed E-state index contributed by atoms with van der Waals surface area (Å²) in [4.78, 5) is 14.0. The smallest absolute Gasteiger partial charge is 0.213 e. The van der Waals surface area contributed by atoms with Crippen LogP contribution in [0.2, 0.25) is 0 Å². The number of ether oxygens (including phenoxy) is 1. The maximum atomic E-state index is 14.8. The molecule has 30 heavy (non-hydrogen) atoms. The van der Waals surface area contributed by atoms with Gasteiger partial charge in [-0.1, -0.05) is 6.07 Å². The zero-order valence-electron chi connectivity index (χ0n) is 15.4. The van der Waals surface area contributed by atoms with Gasteiger partial charge in [-0.3, -0.25) is 0 Å². The van der Waals surface area contributed by atoms with E-state index in [9.17, 15) is 8.78 Å². The van der Waals surface area contributed by atoms with Crippen molar-refractivity contribution in [3.05, 3.63) is 58.2 Å². The van der Waals surface area contributed by atoms with Gasteiger partial charge in [0.25, 0.3) is 0 Å². The summed E-state index contributed by atoms with van der Waals surface area (Å²) in [7, 11) is 0. The minimum absolute atomic E-state index is 0.0472. The molecule has 11 heteroatoms. The van der Waals surface area contributed by atoms with Gasteiger partial charge in [0.05, 0.1) is 21.8 Å². The van der Waals surface area contributed by atoms with Gasteiger partial charge in [0.2, 0.25) is 5.88 Å². The van der Waals surface area contributed by atoms with E-state index in [0.717, 1.165) is 21.6 Å². The Morgan fingerprint density at radius 2 is 2.00 bits per heavy atom. The predicted molar refractivity (Wildman–Crippen MR) is 109 cm³/mol. The lowest BCUT2D eigenvalue weighted by Crippen LogP contribution is -1.96. The third-order valence-electron chi connectivity index (χ3n) is 4.28. The van der Waals surface area contributed by atoms with Crippen molar-refractivity contribution in [2.24, 2.45) is 0 Å². The van der Waals surface area contributed by atoms with Gasteiger partial charge in [-0.15, -0.1) is 22.7 Å². The third-order valence-corrected chi connectivity index (χ3v) is 6.31. The van der Waals surface area contributed by atoms with Gasteiger partial charge in [-0.25, -0.2) is 23.7 Å². The number of nitrogens with zero attached hydrogens (tertiary/aromatic N) is 5. The van der Waals surface area contributed by atoms with E-state index in [1.54, 1.807) is 17.6 Å². The number of thiazole rings is 2. The molecule has 0 amide bonds. The predicted octanol–water partition coefficient (Wildman–Crippen LogP) is 4.77. The first-order valence-corrected chi connectivity index (χ1v) is 10.4. The number of aromatic nitrogens is 6. The van der Waals surface area contributed by atoms with Gasteiger partial charge < -0.3 is 4.74 Å². The van der Waals surface area contributed by atoms with Crippen LogP contribution in [0.25, 0.3) is 32.2 Å². The molecule has 0 aliphatic heterocycles. The molecule has 7 nitrogen and oxygen atoms in total. The summed E-state index contributed by atoms with van der Waals surface area (Å²) in [6.07, 6.45) is 1.66. The number of benzene rings is 1. The number of hydrogen-bond donors (Lipinski definition) is 1. The average molecular weight is 442 g/mol. The van der Waals surface area contributed by atoms with Crippen LogP contribution in [0.3, 0.4) is 0 Å². The van der Waals surface area contributed by atoms with Gasteiger partial charge in [0.1, 0.15) is 16.6 Å². The van der Waals surface area contributed by atoms with E-state index in [1.165, 1.54) is 22.7 Å². The molecule has 5 rings (SSSR count). The van der Waals surface area contributed by atoms with Crippen molar-refractivity contribution in [2.75, 3.05) is 0 Å². The molecule has 4 heterocycles. The Morgan fingerprint density at radius 1 is 1.13 bits per heavy atom. The molecule has 0 saturated carbocycles. The number of aromatic amines is 1. The molecule has 0 aliphatic rings. The third kappa shape index (κ3) is 3.31. The molecule has 0 saturated heterocycles. The van der Waals surface area contributed by atoms with E-state index in [1.807, 2.05) is 19.1 Å². The largest absolute Gasteiger partial charge is 0.470 e. The van der Waals surface area contributed by atoms with E-state index in [-0.39, 0.29) is 23.2 Å². The average Bonchev–Trinajstić information content (AvgIpc) is 3.49. The molecule has 0 bridgehead atoms. The minimum Gasteiger partial charge on any atom is -0.470 e. The molecule has 150 valence electrons. The summed E-state index contributed by atoms with van der Waals surface area (Å²) in [6.45, 7) is 2.15. The molecular formula is C19H12F2N6OS2. The first-order valence-electron chi connectivity index (χ1n) is 8.75. The summed E-state index contributed by atoms with van der Waals surface area (Å²) >= 11 is 2.66. The van der Waals surface area contributed by atoms with Crippen LogP contribution in [0.5, 0.6) is 5.88 Å². The number of halogens is 2. The summed E-state index contributed by atoms with van der Waals surface area (Å²) in [5.41, 5.74) is 1.20. The molecule has 4 aromatic heterocycles. The second kappa shape index (κ2) is 7.50. The lowest BCUT2D eigenvalue weighted by Gasteiger charge is -2.01. The van der Waals surface area contributed by atoms with E-state index >= 15 is 0 Å². The highest BCUT2D eigenvalue weighted by atomic mass is 32.1. The van der Waals surface area contributed by atoms with Gasteiger partial charge in [-0.05, 0) is 19.1 Å². The van der Waals surface area contributed by atoms with E-state index in [4.69, 9.17) is 4.74 Å². The summed E-state index contributed by atoms with van der Waals surface area (Å²) in [6, 6.07) is 6.52. The number of rotatable bonds is 5. The van der Waals surface area contributed by atoms with Crippen molar-refractivity contribution in [3.63, 3.8) is 0 Å². The second-order valence-electron chi connectivity index (χ2n) is 6.26. The molecule has 0 atom stereocenters. The fraction of sp³-hybridized carbons (Fsp3) is 0.105. The van der Waals surface area contributed by atoms with E-state index < -0.39 is 11.6 Å². The maximum absolute atomic E-state index is 14.8. The molecule has 0 spiro atoms. The molecule has 0 fully saturated rings. The van der Waals surface area contributed by atoms with E-state index in [2.05, 4.69) is 30.4 Å². The molecule has 0 unspecified atom stereocenters. The fourth-order valence-electron chi connectivity index (χ4n) is 2.91. The van der Waals surface area contributed by atoms with Crippen LogP contribution in [0, 0.1) is 18.6 Å².